The van der Waals surface area contributed by atoms with Gasteiger partial charge in [-0.15, -0.1) is 0 Å². The Morgan fingerprint density at radius 2 is 1.69 bits per heavy atom. The van der Waals surface area contributed by atoms with E-state index in [-0.39, 0.29) is 5.56 Å². The van der Waals surface area contributed by atoms with Crippen LogP contribution >= 0.6 is 0 Å². The number of nitrogens with one attached hydrogen (secondary N) is 1. The van der Waals surface area contributed by atoms with Gasteiger partial charge in [0.15, 0.2) is 11.3 Å². The van der Waals surface area contributed by atoms with Gasteiger partial charge in [-0.25, -0.2) is 18.3 Å². The number of pyridine rings is 1. The molecule has 0 aliphatic carbocycles. The highest BCUT2D eigenvalue weighted by molar-refractivity contribution is 7.84. The molecule has 1 aromatic carbocycles. The van der Waals surface area contributed by atoms with Crippen LogP contribution in [0.15, 0.2) is 30.3 Å². The maximum Gasteiger partial charge on any atom is 0.425 e. The summed E-state index contributed by atoms with van der Waals surface area (Å²) < 4.78 is 117. The maximum absolute atomic E-state index is 14.5. The van der Waals surface area contributed by atoms with E-state index in [1.807, 2.05) is 4.72 Å². The summed E-state index contributed by atoms with van der Waals surface area (Å²) in [5.74, 6) is -1.34. The number of nitrogens with zero attached hydrogens (tertiary/aromatic N) is 1. The third kappa shape index (κ3) is 4.63. The summed E-state index contributed by atoms with van der Waals surface area (Å²) in [5, 5.41) is 19.6. The highest BCUT2D eigenvalue weighted by Crippen LogP contribution is 2.52. The van der Waals surface area contributed by atoms with E-state index in [2.05, 4.69) is 4.98 Å². The molecule has 2 heterocycles. The summed E-state index contributed by atoms with van der Waals surface area (Å²) in [5.41, 5.74) is -10.3. The van der Waals surface area contributed by atoms with Gasteiger partial charge in [0.05, 0.1) is 28.0 Å². The fourth-order valence-electron chi connectivity index (χ4n) is 3.27. The molecule has 2 aromatic rings. The minimum Gasteiger partial charge on any atom is -0.488 e. The van der Waals surface area contributed by atoms with Crippen molar-refractivity contribution in [2.75, 3.05) is 13.2 Å². The maximum atomic E-state index is 14.5. The second-order valence-electron chi connectivity index (χ2n) is 8.93. The number of aromatic nitrogens is 1. The zero-order chi connectivity index (χ0) is 26.6. The standard InChI is InChI=1S/C21H21F7N2O4S/c1-17(2,3)35(33)30-18(20(23,24)25)10-34-16-13(18)8-14(19(32,9-31)21(26,27)28)29-15(16)11-4-6-12(22)7-5-11/h4-8,30-32H,9-10H2,1-3H3/t18-,19-,35+/m0/s1. The van der Waals surface area contributed by atoms with Crippen molar-refractivity contribution in [3.05, 3.63) is 47.4 Å². The van der Waals surface area contributed by atoms with Gasteiger partial charge < -0.3 is 14.9 Å². The van der Waals surface area contributed by atoms with Crippen LogP contribution < -0.4 is 9.46 Å². The fraction of sp³-hybridized carbons (Fsp3) is 0.476. The van der Waals surface area contributed by atoms with Crippen molar-refractivity contribution in [2.45, 2.75) is 49.0 Å². The molecule has 194 valence electrons. The molecular weight excluding hydrogens is 509 g/mol. The first-order valence-corrected chi connectivity index (χ1v) is 11.1. The van der Waals surface area contributed by atoms with E-state index >= 15 is 0 Å². The number of benzene rings is 1. The Kier molecular flexibility index (Phi) is 6.77. The first-order chi connectivity index (χ1) is 15.9. The molecule has 0 amide bonds. The fourth-order valence-corrected chi connectivity index (χ4v) is 4.18. The molecule has 0 saturated heterocycles. The van der Waals surface area contributed by atoms with Crippen LogP contribution in [0, 0.1) is 5.82 Å². The monoisotopic (exact) mass is 530 g/mol. The molecule has 0 bridgehead atoms. The summed E-state index contributed by atoms with van der Waals surface area (Å²) in [7, 11) is -2.38. The van der Waals surface area contributed by atoms with E-state index in [9.17, 15) is 45.2 Å². The molecule has 1 aliphatic heterocycles. The quantitative estimate of drug-likeness (QED) is 0.512. The smallest absolute Gasteiger partial charge is 0.425 e. The van der Waals surface area contributed by atoms with Gasteiger partial charge in [-0.2, -0.15) is 26.3 Å². The molecule has 35 heavy (non-hydrogen) atoms. The van der Waals surface area contributed by atoms with Crippen molar-refractivity contribution >= 4 is 11.0 Å². The van der Waals surface area contributed by atoms with Crippen LogP contribution in [0.5, 0.6) is 5.75 Å². The molecule has 0 spiro atoms. The minimum atomic E-state index is -5.54. The lowest BCUT2D eigenvalue weighted by Crippen LogP contribution is -2.58. The number of rotatable bonds is 5. The highest BCUT2D eigenvalue weighted by Gasteiger charge is 2.64. The number of hydrogen-bond acceptors (Lipinski definition) is 5. The lowest BCUT2D eigenvalue weighted by atomic mass is 9.88. The zero-order valence-corrected chi connectivity index (χ0v) is 19.3. The Labute approximate surface area is 197 Å². The van der Waals surface area contributed by atoms with E-state index in [4.69, 9.17) is 4.74 Å². The van der Waals surface area contributed by atoms with Gasteiger partial charge in [0.1, 0.15) is 18.1 Å². The topological polar surface area (TPSA) is 91.7 Å². The number of hydrogen-bond donors (Lipinski definition) is 3. The average molecular weight is 530 g/mol. The minimum absolute atomic E-state index is 0.123. The molecule has 0 saturated carbocycles. The Hall–Kier alpha value is -2.29. The third-order valence-electron chi connectivity index (χ3n) is 5.41. The first-order valence-electron chi connectivity index (χ1n) is 9.98. The molecule has 3 N–H and O–H groups in total. The highest BCUT2D eigenvalue weighted by atomic mass is 32.2. The average Bonchev–Trinajstić information content (AvgIpc) is 3.11. The normalized spacial score (nSPS) is 21.3. The van der Waals surface area contributed by atoms with Crippen molar-refractivity contribution in [2.24, 2.45) is 0 Å². The Balaban J connectivity index is 2.39. The van der Waals surface area contributed by atoms with Crippen LogP contribution in [0.2, 0.25) is 0 Å². The number of ether oxygens (including phenoxy) is 1. The lowest BCUT2D eigenvalue weighted by Gasteiger charge is -2.34. The number of aliphatic hydroxyl groups is 2. The van der Waals surface area contributed by atoms with Crippen LogP contribution in [0.4, 0.5) is 30.7 Å². The van der Waals surface area contributed by atoms with Crippen LogP contribution in [0.1, 0.15) is 32.0 Å². The van der Waals surface area contributed by atoms with Gasteiger partial charge >= 0.3 is 12.4 Å². The van der Waals surface area contributed by atoms with Gasteiger partial charge in [0.2, 0.25) is 5.60 Å². The van der Waals surface area contributed by atoms with Gasteiger partial charge in [-0.3, -0.25) is 0 Å². The number of fused-ring (bicyclic) bond motifs is 1. The summed E-state index contributed by atoms with van der Waals surface area (Å²) >= 11 is 0. The Morgan fingerprint density at radius 3 is 2.14 bits per heavy atom. The molecule has 0 unspecified atom stereocenters. The van der Waals surface area contributed by atoms with E-state index in [0.717, 1.165) is 24.3 Å². The predicted octanol–water partition coefficient (Wildman–Crippen LogP) is 3.83. The van der Waals surface area contributed by atoms with Gasteiger partial charge in [-0.05, 0) is 51.1 Å². The summed E-state index contributed by atoms with van der Waals surface area (Å²) in [6, 6.07) is 4.21. The predicted molar refractivity (Wildman–Crippen MR) is 111 cm³/mol. The lowest BCUT2D eigenvalue weighted by molar-refractivity contribution is -0.279. The van der Waals surface area contributed by atoms with E-state index in [1.165, 1.54) is 20.8 Å². The Bertz CT molecular complexity index is 1130. The van der Waals surface area contributed by atoms with Gasteiger partial charge in [0, 0.05) is 11.1 Å². The Morgan fingerprint density at radius 1 is 1.11 bits per heavy atom. The number of halogens is 7. The van der Waals surface area contributed by atoms with Crippen LogP contribution in [-0.2, 0) is 22.1 Å². The first kappa shape index (κ1) is 27.3. The molecule has 14 heteroatoms. The van der Waals surface area contributed by atoms with E-state index in [1.54, 1.807) is 0 Å². The molecule has 1 aromatic heterocycles. The van der Waals surface area contributed by atoms with Crippen molar-refractivity contribution in [1.29, 1.82) is 0 Å². The van der Waals surface area contributed by atoms with Crippen molar-refractivity contribution in [3.8, 4) is 17.0 Å². The molecule has 0 fully saturated rings. The van der Waals surface area contributed by atoms with E-state index < -0.39 is 81.0 Å². The van der Waals surface area contributed by atoms with Crippen LogP contribution in [-0.4, -0.2) is 49.7 Å². The molecule has 3 rings (SSSR count). The second kappa shape index (κ2) is 8.68. The SMILES string of the molecule is CC(C)(C)[S@@](=O)N[C@@]1(C(F)(F)F)COc2c1cc([C@@](O)(CO)C(F)(F)F)nc2-c1ccc(F)cc1. The van der Waals surface area contributed by atoms with Gasteiger partial charge in [-0.1, -0.05) is 0 Å². The van der Waals surface area contributed by atoms with Crippen LogP contribution in [0.25, 0.3) is 11.3 Å². The van der Waals surface area contributed by atoms with Crippen molar-refractivity contribution < 1.29 is 49.9 Å². The van der Waals surface area contributed by atoms with Crippen molar-refractivity contribution in [1.82, 2.24) is 9.71 Å². The van der Waals surface area contributed by atoms with E-state index in [0.29, 0.717) is 6.07 Å². The molecular formula is C21H21F7N2O4S. The summed E-state index contributed by atoms with van der Waals surface area (Å²) in [6.07, 6.45) is -10.8. The van der Waals surface area contributed by atoms with Gasteiger partial charge in [0.25, 0.3) is 0 Å². The molecule has 3 atom stereocenters. The van der Waals surface area contributed by atoms with Crippen molar-refractivity contribution in [3.63, 3.8) is 0 Å². The summed E-state index contributed by atoms with van der Waals surface area (Å²) in [4.78, 5) is 3.68. The summed E-state index contributed by atoms with van der Waals surface area (Å²) in [6.45, 7) is 0.982. The number of aliphatic hydroxyl groups excluding tert-OH is 1. The molecule has 6 nitrogen and oxygen atoms in total. The largest absolute Gasteiger partial charge is 0.488 e. The molecule has 0 radical (unpaired) electrons. The zero-order valence-electron chi connectivity index (χ0n) is 18.5. The number of alkyl halides is 6. The second-order valence-corrected chi connectivity index (χ2v) is 10.9. The molecule has 1 aliphatic rings. The third-order valence-corrected chi connectivity index (χ3v) is 7.06. The van der Waals surface area contributed by atoms with Crippen LogP contribution in [0.3, 0.4) is 0 Å².